The molecular formula is C3H4AsBr2NS. The zero-order valence-electron chi connectivity index (χ0n) is 3.80. The van der Waals surface area contributed by atoms with Crippen LogP contribution in [0.1, 0.15) is 0 Å². The molecule has 0 saturated heterocycles. The minimum atomic E-state index is 0. The summed E-state index contributed by atoms with van der Waals surface area (Å²) in [6, 6.07) is 0. The summed E-state index contributed by atoms with van der Waals surface area (Å²) in [4.78, 5) is 4.02. The Balaban J connectivity index is 0.000000490. The number of rotatable bonds is 0. The molecule has 1 aromatic heterocycles. The number of thiazole rings is 1. The predicted molar refractivity (Wildman–Crippen MR) is 48.3 cm³/mol. The van der Waals surface area contributed by atoms with Crippen LogP contribution in [0.15, 0.2) is 9.98 Å². The van der Waals surface area contributed by atoms with Gasteiger partial charge in [0.2, 0.25) is 0 Å². The Labute approximate surface area is 79.3 Å². The van der Waals surface area contributed by atoms with Gasteiger partial charge in [0.1, 0.15) is 0 Å². The number of halogens is 2. The summed E-state index contributed by atoms with van der Waals surface area (Å²) in [5, 5.41) is 0. The maximum absolute atomic E-state index is 4.02. The first-order chi connectivity index (χ1) is 3.29. The van der Waals surface area contributed by atoms with Crippen LogP contribution in [0.5, 0.6) is 0 Å². The van der Waals surface area contributed by atoms with Gasteiger partial charge in [-0.05, 0) is 0 Å². The third-order valence-corrected chi connectivity index (χ3v) is 2.86. The molecule has 1 nitrogen and oxygen atoms in total. The summed E-state index contributed by atoms with van der Waals surface area (Å²) in [6.07, 6.45) is 1.82. The van der Waals surface area contributed by atoms with Crippen molar-refractivity contribution in [2.24, 2.45) is 0 Å². The number of hydrogen-bond acceptors (Lipinski definition) is 2. The molecule has 0 radical (unpaired) electrons. The molecule has 0 aliphatic rings. The van der Waals surface area contributed by atoms with Crippen molar-refractivity contribution in [1.29, 1.82) is 0 Å². The Bertz CT molecular complexity index is 150. The zero-order valence-corrected chi connectivity index (χ0v) is 10.3. The zero-order chi connectivity index (χ0) is 5.28. The molecule has 0 fully saturated rings. The first kappa shape index (κ1) is 9.15. The monoisotopic (exact) mass is 319 g/mol. The van der Waals surface area contributed by atoms with Gasteiger partial charge in [0.15, 0.2) is 0 Å². The molecule has 0 aliphatic heterocycles. The van der Waals surface area contributed by atoms with Gasteiger partial charge in [0.25, 0.3) is 0 Å². The summed E-state index contributed by atoms with van der Waals surface area (Å²) >= 11 is 6.55. The molecular weight excluding hydrogens is 317 g/mol. The van der Waals surface area contributed by atoms with Gasteiger partial charge in [-0.15, -0.1) is 17.0 Å². The fourth-order valence-electron chi connectivity index (χ4n) is 0.267. The Hall–Kier alpha value is 1.15. The molecule has 0 saturated carbocycles. The Kier molecular flexibility index (Phi) is 4.62. The molecule has 0 aromatic carbocycles. The van der Waals surface area contributed by atoms with Gasteiger partial charge < -0.3 is 0 Å². The van der Waals surface area contributed by atoms with Gasteiger partial charge in [-0.2, -0.15) is 0 Å². The Morgan fingerprint density at radius 1 is 1.75 bits per heavy atom. The van der Waals surface area contributed by atoms with E-state index in [1.807, 2.05) is 6.20 Å². The average Bonchev–Trinajstić information content (AvgIpc) is 1.87. The van der Waals surface area contributed by atoms with Crippen molar-refractivity contribution < 1.29 is 0 Å². The summed E-state index contributed by atoms with van der Waals surface area (Å²) in [6.45, 7) is 0. The molecule has 1 atom stereocenters. The molecule has 5 heteroatoms. The van der Waals surface area contributed by atoms with Crippen molar-refractivity contribution in [2.75, 3.05) is 0 Å². The van der Waals surface area contributed by atoms with Crippen molar-refractivity contribution in [3.63, 3.8) is 0 Å². The van der Waals surface area contributed by atoms with E-state index in [1.165, 1.54) is 3.80 Å². The van der Waals surface area contributed by atoms with Gasteiger partial charge in [0.05, 0.1) is 0 Å². The van der Waals surface area contributed by atoms with E-state index < -0.39 is 0 Å². The van der Waals surface area contributed by atoms with Crippen LogP contribution in [0.3, 0.4) is 0 Å². The van der Waals surface area contributed by atoms with Crippen LogP contribution in [0.4, 0.5) is 0 Å². The van der Waals surface area contributed by atoms with Gasteiger partial charge in [-0.3, -0.25) is 0 Å². The van der Waals surface area contributed by atoms with Crippen molar-refractivity contribution in [3.8, 4) is 0 Å². The van der Waals surface area contributed by atoms with E-state index in [9.17, 15) is 0 Å². The number of nitrogens with zero attached hydrogens (tertiary/aromatic N) is 1. The van der Waals surface area contributed by atoms with Crippen LogP contribution in [-0.4, -0.2) is 21.8 Å². The van der Waals surface area contributed by atoms with Crippen LogP contribution in [0.25, 0.3) is 0 Å². The van der Waals surface area contributed by atoms with Crippen molar-refractivity contribution in [3.05, 3.63) is 9.98 Å². The van der Waals surface area contributed by atoms with E-state index in [-0.39, 0.29) is 17.0 Å². The van der Waals surface area contributed by atoms with E-state index >= 15 is 0 Å². The molecule has 8 heavy (non-hydrogen) atoms. The van der Waals surface area contributed by atoms with E-state index in [4.69, 9.17) is 0 Å². The van der Waals surface area contributed by atoms with E-state index in [0.29, 0.717) is 0 Å². The third-order valence-electron chi connectivity index (χ3n) is 0.495. The molecule has 46 valence electrons. The number of hydrogen-bond donors (Lipinski definition) is 0. The van der Waals surface area contributed by atoms with Crippen LogP contribution >= 0.6 is 44.2 Å². The fourth-order valence-corrected chi connectivity index (χ4v) is 3.32. The summed E-state index contributed by atoms with van der Waals surface area (Å²) in [5.74, 6) is 0. The molecule has 0 amide bonds. The quantitative estimate of drug-likeness (QED) is 0.643. The van der Waals surface area contributed by atoms with Crippen LogP contribution in [0, 0.1) is 0 Å². The second kappa shape index (κ2) is 4.04. The maximum atomic E-state index is 4.02. The van der Waals surface area contributed by atoms with Gasteiger partial charge in [-0.25, -0.2) is 0 Å². The topological polar surface area (TPSA) is 12.9 Å². The van der Waals surface area contributed by atoms with Gasteiger partial charge in [-0.1, -0.05) is 0 Å². The normalized spacial score (nSPS) is 8.25. The SMILES string of the molecule is Br.[AsH2]c1ncc(Br)s1. The van der Waals surface area contributed by atoms with Crippen LogP contribution in [-0.2, 0) is 0 Å². The molecule has 1 heterocycles. The van der Waals surface area contributed by atoms with Crippen LogP contribution < -0.4 is 3.80 Å². The second-order valence-electron chi connectivity index (χ2n) is 1.00. The van der Waals surface area contributed by atoms with E-state index in [0.717, 1.165) is 3.79 Å². The first-order valence-electron chi connectivity index (χ1n) is 1.66. The van der Waals surface area contributed by atoms with E-state index in [2.05, 4.69) is 20.9 Å². The summed E-state index contributed by atoms with van der Waals surface area (Å²) in [5.41, 5.74) is 0. The molecule has 1 rings (SSSR count). The third kappa shape index (κ3) is 2.62. The number of aromatic nitrogens is 1. The fraction of sp³-hybridized carbons (Fsp3) is 0. The van der Waals surface area contributed by atoms with Crippen LogP contribution in [0.2, 0.25) is 0 Å². The molecule has 0 aliphatic carbocycles. The standard InChI is InChI=1S/C3H3AsBrNS.BrH/c4-3-6-1-2(5)7-3;/h1H,4H2;1H. The Morgan fingerprint density at radius 3 is 2.50 bits per heavy atom. The minimum absolute atomic E-state index is 0. The Morgan fingerprint density at radius 2 is 2.38 bits per heavy atom. The molecule has 1 aromatic rings. The van der Waals surface area contributed by atoms with E-state index in [1.54, 1.807) is 28.2 Å². The molecule has 1 unspecified atom stereocenters. The van der Waals surface area contributed by atoms with Gasteiger partial charge in [0, 0.05) is 0 Å². The first-order valence-corrected chi connectivity index (χ1v) is 4.48. The second-order valence-corrected chi connectivity index (χ2v) is 5.47. The molecule has 0 bridgehead atoms. The van der Waals surface area contributed by atoms with Crippen molar-refractivity contribution in [1.82, 2.24) is 4.98 Å². The summed E-state index contributed by atoms with van der Waals surface area (Å²) in [7, 11) is 0. The average molecular weight is 321 g/mol. The predicted octanol–water partition coefficient (Wildman–Crippen LogP) is 0.742. The van der Waals surface area contributed by atoms with Crippen molar-refractivity contribution >= 4 is 64.9 Å². The summed E-state index contributed by atoms with van der Waals surface area (Å²) < 4.78 is 2.28. The molecule has 0 N–H and O–H groups in total. The molecule has 0 spiro atoms. The van der Waals surface area contributed by atoms with Gasteiger partial charge >= 0.3 is 62.9 Å². The van der Waals surface area contributed by atoms with Crippen molar-refractivity contribution in [2.45, 2.75) is 0 Å².